The average Bonchev–Trinajstić information content (AvgIpc) is 2.97. The van der Waals surface area contributed by atoms with Crippen molar-refractivity contribution in [1.29, 1.82) is 0 Å². The summed E-state index contributed by atoms with van der Waals surface area (Å²) in [6.07, 6.45) is 5.58. The van der Waals surface area contributed by atoms with E-state index in [2.05, 4.69) is 9.97 Å². The SMILES string of the molecule is CS(=O)c1nc2ccc(-n3cccc3)cc2[nH]1.[H-].[Li+]. The van der Waals surface area contributed by atoms with Crippen LogP contribution in [0.3, 0.4) is 0 Å². The Morgan fingerprint density at radius 1 is 1.33 bits per heavy atom. The van der Waals surface area contributed by atoms with Crippen LogP contribution in [0.1, 0.15) is 1.43 Å². The summed E-state index contributed by atoms with van der Waals surface area (Å²) in [5, 5.41) is 0.518. The molecule has 1 aromatic carbocycles. The number of benzene rings is 1. The Hall–Kier alpha value is -1.28. The Labute approximate surface area is 121 Å². The van der Waals surface area contributed by atoms with Crippen molar-refractivity contribution in [3.8, 4) is 5.69 Å². The van der Waals surface area contributed by atoms with Crippen LogP contribution in [0.5, 0.6) is 0 Å². The largest absolute Gasteiger partial charge is 1.00 e. The third-order valence-corrected chi connectivity index (χ3v) is 3.36. The number of imidazole rings is 1. The maximum atomic E-state index is 11.3. The number of aromatic amines is 1. The van der Waals surface area contributed by atoms with Gasteiger partial charge in [-0.3, -0.25) is 4.21 Å². The standard InChI is InChI=1S/C12H11N3OS.Li.H/c1-17(16)12-13-10-5-4-9(8-11(10)14-12)15-6-2-3-7-15;;/h2-8H,1H3,(H,13,14);;/q;+1;-1. The molecule has 1 N–H and O–H groups in total. The first kappa shape index (κ1) is 13.2. The van der Waals surface area contributed by atoms with Gasteiger partial charge in [-0.2, -0.15) is 0 Å². The van der Waals surface area contributed by atoms with Crippen LogP contribution in [0.2, 0.25) is 0 Å². The van der Waals surface area contributed by atoms with Crippen molar-refractivity contribution in [2.24, 2.45) is 0 Å². The first-order chi connectivity index (χ1) is 8.24. The normalized spacial score (nSPS) is 12.3. The van der Waals surface area contributed by atoms with Crippen LogP contribution >= 0.6 is 0 Å². The zero-order chi connectivity index (χ0) is 11.8. The summed E-state index contributed by atoms with van der Waals surface area (Å²) >= 11 is 0. The predicted octanol–water partition coefficient (Wildman–Crippen LogP) is -0.792. The van der Waals surface area contributed by atoms with E-state index >= 15 is 0 Å². The molecule has 2 heterocycles. The van der Waals surface area contributed by atoms with E-state index in [1.165, 1.54) is 0 Å². The number of nitrogens with one attached hydrogen (secondary N) is 1. The fraction of sp³-hybridized carbons (Fsp3) is 0.0833. The third-order valence-electron chi connectivity index (χ3n) is 2.62. The van der Waals surface area contributed by atoms with Gasteiger partial charge in [0.25, 0.3) is 0 Å². The zero-order valence-corrected chi connectivity index (χ0v) is 11.1. The number of fused-ring (bicyclic) bond motifs is 1. The third kappa shape index (κ3) is 2.30. The Morgan fingerprint density at radius 3 is 2.72 bits per heavy atom. The zero-order valence-electron chi connectivity index (χ0n) is 11.3. The molecule has 0 bridgehead atoms. The second kappa shape index (κ2) is 5.15. The molecule has 0 saturated carbocycles. The predicted molar refractivity (Wildman–Crippen MR) is 68.9 cm³/mol. The molecule has 3 rings (SSSR count). The maximum absolute atomic E-state index is 11.3. The molecule has 6 heteroatoms. The van der Waals surface area contributed by atoms with Crippen LogP contribution in [-0.4, -0.2) is 25.0 Å². The van der Waals surface area contributed by atoms with Crippen molar-refractivity contribution in [2.75, 3.05) is 6.26 Å². The minimum atomic E-state index is -1.08. The van der Waals surface area contributed by atoms with Gasteiger partial charge in [-0.25, -0.2) is 4.98 Å². The summed E-state index contributed by atoms with van der Waals surface area (Å²) in [4.78, 5) is 7.34. The summed E-state index contributed by atoms with van der Waals surface area (Å²) in [5.41, 5.74) is 2.80. The van der Waals surface area contributed by atoms with Gasteiger partial charge in [-0.15, -0.1) is 0 Å². The summed E-state index contributed by atoms with van der Waals surface area (Å²) in [5.74, 6) is 0. The molecule has 0 aliphatic rings. The van der Waals surface area contributed by atoms with E-state index in [1.54, 1.807) is 6.26 Å². The molecule has 1 unspecified atom stereocenters. The van der Waals surface area contributed by atoms with Crippen LogP contribution in [-0.2, 0) is 10.8 Å². The van der Waals surface area contributed by atoms with Crippen molar-refractivity contribution < 1.29 is 24.5 Å². The van der Waals surface area contributed by atoms with Crippen LogP contribution in [0, 0.1) is 0 Å². The number of hydrogen-bond donors (Lipinski definition) is 1. The fourth-order valence-corrected chi connectivity index (χ4v) is 2.26. The molecule has 0 fully saturated rings. The van der Waals surface area contributed by atoms with Gasteiger partial charge in [-0.1, -0.05) is 0 Å². The fourth-order valence-electron chi connectivity index (χ4n) is 1.78. The molecule has 4 nitrogen and oxygen atoms in total. The Morgan fingerprint density at radius 2 is 2.06 bits per heavy atom. The van der Waals surface area contributed by atoms with Crippen LogP contribution in [0.25, 0.3) is 16.7 Å². The second-order valence-corrected chi connectivity index (χ2v) is 5.08. The van der Waals surface area contributed by atoms with Crippen molar-refractivity contribution in [3.63, 3.8) is 0 Å². The second-order valence-electron chi connectivity index (χ2n) is 3.79. The number of H-pyrrole nitrogens is 1. The Kier molecular flexibility index (Phi) is 3.76. The molecular weight excluding hydrogens is 241 g/mol. The molecule has 1 atom stereocenters. The Bertz CT molecular complexity index is 696. The van der Waals surface area contributed by atoms with Gasteiger partial charge in [0, 0.05) is 24.3 Å². The van der Waals surface area contributed by atoms with E-state index < -0.39 is 10.8 Å². The quantitative estimate of drug-likeness (QED) is 0.608. The summed E-state index contributed by atoms with van der Waals surface area (Å²) in [6, 6.07) is 9.87. The Balaban J connectivity index is 0.000000902. The van der Waals surface area contributed by atoms with Gasteiger partial charge in [-0.05, 0) is 30.3 Å². The van der Waals surface area contributed by atoms with Gasteiger partial charge in [0.15, 0.2) is 5.16 Å². The molecule has 0 spiro atoms. The van der Waals surface area contributed by atoms with Crippen LogP contribution in [0.4, 0.5) is 0 Å². The van der Waals surface area contributed by atoms with Gasteiger partial charge >= 0.3 is 18.9 Å². The van der Waals surface area contributed by atoms with Crippen LogP contribution in [0.15, 0.2) is 47.9 Å². The minimum absolute atomic E-state index is 0. The minimum Gasteiger partial charge on any atom is -1.00 e. The van der Waals surface area contributed by atoms with Gasteiger partial charge < -0.3 is 11.0 Å². The first-order valence-corrected chi connectivity index (χ1v) is 6.76. The van der Waals surface area contributed by atoms with E-state index in [-0.39, 0.29) is 20.3 Å². The van der Waals surface area contributed by atoms with Crippen LogP contribution < -0.4 is 18.9 Å². The molecule has 0 radical (unpaired) electrons. The average molecular weight is 253 g/mol. The topological polar surface area (TPSA) is 50.7 Å². The van der Waals surface area contributed by atoms with E-state index in [1.807, 2.05) is 47.3 Å². The number of rotatable bonds is 2. The number of nitrogens with zero attached hydrogens (tertiary/aromatic N) is 2. The molecule has 0 aliphatic heterocycles. The molecule has 0 saturated heterocycles. The molecule has 88 valence electrons. The number of hydrogen-bond acceptors (Lipinski definition) is 2. The molecule has 2 aromatic heterocycles. The summed E-state index contributed by atoms with van der Waals surface area (Å²) in [7, 11) is -1.08. The van der Waals surface area contributed by atoms with Gasteiger partial charge in [0.05, 0.1) is 21.8 Å². The first-order valence-electron chi connectivity index (χ1n) is 5.20. The van der Waals surface area contributed by atoms with Crippen molar-refractivity contribution in [1.82, 2.24) is 14.5 Å². The maximum Gasteiger partial charge on any atom is 1.00 e. The van der Waals surface area contributed by atoms with E-state index in [9.17, 15) is 4.21 Å². The molecular formula is C12H12LiN3OS. The van der Waals surface area contributed by atoms with Gasteiger partial charge in [0.1, 0.15) is 0 Å². The van der Waals surface area contributed by atoms with Crippen molar-refractivity contribution in [3.05, 3.63) is 42.7 Å². The summed E-state index contributed by atoms with van der Waals surface area (Å²) < 4.78 is 13.4. The molecule has 3 aromatic rings. The molecule has 0 aliphatic carbocycles. The van der Waals surface area contributed by atoms with Gasteiger partial charge in [0.2, 0.25) is 0 Å². The molecule has 0 amide bonds. The van der Waals surface area contributed by atoms with Crippen molar-refractivity contribution in [2.45, 2.75) is 5.16 Å². The van der Waals surface area contributed by atoms with E-state index in [0.717, 1.165) is 16.7 Å². The smallest absolute Gasteiger partial charge is 1.00 e. The number of aromatic nitrogens is 3. The molecule has 18 heavy (non-hydrogen) atoms. The van der Waals surface area contributed by atoms with Crippen molar-refractivity contribution >= 4 is 21.8 Å². The monoisotopic (exact) mass is 253 g/mol. The van der Waals surface area contributed by atoms with E-state index in [0.29, 0.717) is 5.16 Å². The van der Waals surface area contributed by atoms with E-state index in [4.69, 9.17) is 0 Å². The summed E-state index contributed by atoms with van der Waals surface area (Å²) in [6.45, 7) is 0.